The lowest BCUT2D eigenvalue weighted by atomic mass is 10.1. The van der Waals surface area contributed by atoms with E-state index >= 15 is 0 Å². The number of aromatic nitrogens is 3. The number of benzene rings is 2. The molecule has 0 spiro atoms. The summed E-state index contributed by atoms with van der Waals surface area (Å²) < 4.78 is 13.3. The molecule has 1 atom stereocenters. The van der Waals surface area contributed by atoms with Crippen LogP contribution in [-0.2, 0) is 16.1 Å². The summed E-state index contributed by atoms with van der Waals surface area (Å²) >= 11 is 0. The van der Waals surface area contributed by atoms with Crippen LogP contribution in [0, 0.1) is 5.82 Å². The fourth-order valence-corrected chi connectivity index (χ4v) is 3.17. The molecular formula is C20H17FN6O3. The highest BCUT2D eigenvalue weighted by Gasteiger charge is 2.39. The fourth-order valence-electron chi connectivity index (χ4n) is 3.17. The normalized spacial score (nSPS) is 15.9. The van der Waals surface area contributed by atoms with Crippen molar-refractivity contribution in [3.8, 4) is 11.4 Å². The summed E-state index contributed by atoms with van der Waals surface area (Å²) in [7, 11) is 0. The second kappa shape index (κ2) is 8.11. The van der Waals surface area contributed by atoms with Gasteiger partial charge in [0.15, 0.2) is 5.82 Å². The minimum absolute atomic E-state index is 0.0697. The van der Waals surface area contributed by atoms with Gasteiger partial charge in [0.2, 0.25) is 5.91 Å². The molecule has 1 saturated heterocycles. The maximum atomic E-state index is 13.3. The third kappa shape index (κ3) is 4.17. The molecule has 0 aliphatic carbocycles. The monoisotopic (exact) mass is 408 g/mol. The average molecular weight is 408 g/mol. The number of urea groups is 1. The molecule has 3 N–H and O–H groups in total. The molecular weight excluding hydrogens is 391 g/mol. The van der Waals surface area contributed by atoms with Gasteiger partial charge < -0.3 is 10.6 Å². The van der Waals surface area contributed by atoms with Gasteiger partial charge in [-0.05, 0) is 29.8 Å². The van der Waals surface area contributed by atoms with Crippen LogP contribution >= 0.6 is 0 Å². The smallest absolute Gasteiger partial charge is 0.325 e. The van der Waals surface area contributed by atoms with E-state index in [9.17, 15) is 18.8 Å². The highest BCUT2D eigenvalue weighted by atomic mass is 19.1. The predicted molar refractivity (Wildman–Crippen MR) is 104 cm³/mol. The van der Waals surface area contributed by atoms with E-state index in [0.29, 0.717) is 17.1 Å². The van der Waals surface area contributed by atoms with Gasteiger partial charge in [-0.1, -0.05) is 24.3 Å². The lowest BCUT2D eigenvalue weighted by Gasteiger charge is -2.13. The largest absolute Gasteiger partial charge is 0.326 e. The fraction of sp³-hybridized carbons (Fsp3) is 0.150. The van der Waals surface area contributed by atoms with Crippen molar-refractivity contribution in [1.82, 2.24) is 25.4 Å². The van der Waals surface area contributed by atoms with Crippen molar-refractivity contribution in [1.29, 1.82) is 0 Å². The summed E-state index contributed by atoms with van der Waals surface area (Å²) in [6.45, 7) is -0.0697. The Morgan fingerprint density at radius 3 is 2.77 bits per heavy atom. The van der Waals surface area contributed by atoms with E-state index in [1.165, 1.54) is 24.5 Å². The number of imide groups is 1. The van der Waals surface area contributed by atoms with Crippen molar-refractivity contribution in [3.05, 3.63) is 66.2 Å². The van der Waals surface area contributed by atoms with Crippen molar-refractivity contribution >= 4 is 23.5 Å². The first kappa shape index (κ1) is 19.2. The molecule has 30 heavy (non-hydrogen) atoms. The Labute approximate surface area is 170 Å². The molecule has 1 aliphatic rings. The minimum atomic E-state index is -0.983. The third-order valence-electron chi connectivity index (χ3n) is 4.56. The summed E-state index contributed by atoms with van der Waals surface area (Å²) in [6.07, 6.45) is 1.15. The van der Waals surface area contributed by atoms with Gasteiger partial charge in [0.05, 0.1) is 13.0 Å². The second-order valence-electron chi connectivity index (χ2n) is 6.72. The number of hydrogen-bond acceptors (Lipinski definition) is 5. The average Bonchev–Trinajstić information content (AvgIpc) is 3.33. The maximum absolute atomic E-state index is 13.3. The van der Waals surface area contributed by atoms with Gasteiger partial charge in [-0.25, -0.2) is 14.2 Å². The van der Waals surface area contributed by atoms with Crippen LogP contribution in [0.25, 0.3) is 11.4 Å². The number of H-pyrrole nitrogens is 1. The Balaban J connectivity index is 1.38. The van der Waals surface area contributed by atoms with Gasteiger partial charge >= 0.3 is 6.03 Å². The van der Waals surface area contributed by atoms with Crippen molar-refractivity contribution in [2.24, 2.45) is 0 Å². The molecule has 3 aromatic rings. The van der Waals surface area contributed by atoms with Crippen molar-refractivity contribution < 1.29 is 18.8 Å². The molecule has 4 rings (SSSR count). The maximum Gasteiger partial charge on any atom is 0.325 e. The van der Waals surface area contributed by atoms with Crippen LogP contribution in [-0.4, -0.2) is 44.0 Å². The van der Waals surface area contributed by atoms with Crippen LogP contribution in [0.3, 0.4) is 0 Å². The summed E-state index contributed by atoms with van der Waals surface area (Å²) in [5, 5.41) is 11.7. The first-order chi connectivity index (χ1) is 14.5. The number of nitrogens with zero attached hydrogens (tertiary/aromatic N) is 3. The highest BCUT2D eigenvalue weighted by molar-refractivity contribution is 6.06. The Bertz CT molecular complexity index is 1100. The number of rotatable bonds is 6. The first-order valence-electron chi connectivity index (χ1n) is 9.11. The number of carbonyl (C=O) groups excluding carboxylic acids is 3. The lowest BCUT2D eigenvalue weighted by molar-refractivity contribution is -0.130. The van der Waals surface area contributed by atoms with Crippen LogP contribution in [0.5, 0.6) is 0 Å². The number of nitrogens with one attached hydrogen (secondary N) is 3. The molecule has 2 heterocycles. The van der Waals surface area contributed by atoms with Gasteiger partial charge in [0.1, 0.15) is 18.2 Å². The number of hydrogen-bond donors (Lipinski definition) is 3. The van der Waals surface area contributed by atoms with Crippen LogP contribution in [0.2, 0.25) is 0 Å². The van der Waals surface area contributed by atoms with Gasteiger partial charge in [-0.3, -0.25) is 19.6 Å². The van der Waals surface area contributed by atoms with E-state index < -0.39 is 29.7 Å². The highest BCUT2D eigenvalue weighted by Crippen LogP contribution is 2.20. The van der Waals surface area contributed by atoms with Gasteiger partial charge in [0, 0.05) is 11.3 Å². The molecule has 0 bridgehead atoms. The Morgan fingerprint density at radius 2 is 2.00 bits per heavy atom. The molecule has 0 unspecified atom stereocenters. The number of carbonyl (C=O) groups is 3. The summed E-state index contributed by atoms with van der Waals surface area (Å²) in [6, 6.07) is 11.0. The summed E-state index contributed by atoms with van der Waals surface area (Å²) in [5.74, 6) is -0.869. The van der Waals surface area contributed by atoms with E-state index in [-0.39, 0.29) is 13.0 Å². The Morgan fingerprint density at radius 1 is 1.17 bits per heavy atom. The minimum Gasteiger partial charge on any atom is -0.326 e. The van der Waals surface area contributed by atoms with Gasteiger partial charge in [0.25, 0.3) is 5.91 Å². The number of halogens is 1. The molecule has 1 aliphatic heterocycles. The van der Waals surface area contributed by atoms with Crippen LogP contribution in [0.4, 0.5) is 14.9 Å². The molecule has 0 saturated carbocycles. The van der Waals surface area contributed by atoms with E-state index in [2.05, 4.69) is 25.8 Å². The molecule has 2 aromatic carbocycles. The molecule has 10 heteroatoms. The van der Waals surface area contributed by atoms with Crippen LogP contribution < -0.4 is 10.6 Å². The predicted octanol–water partition coefficient (Wildman–Crippen LogP) is 2.06. The molecule has 1 fully saturated rings. The Hall–Kier alpha value is -4.08. The zero-order chi connectivity index (χ0) is 21.1. The van der Waals surface area contributed by atoms with Crippen molar-refractivity contribution in [3.63, 3.8) is 0 Å². The van der Waals surface area contributed by atoms with Gasteiger partial charge in [-0.2, -0.15) is 5.10 Å². The number of anilines is 1. The van der Waals surface area contributed by atoms with Crippen molar-refractivity contribution in [2.75, 3.05) is 5.32 Å². The molecule has 1 aromatic heterocycles. The lowest BCUT2D eigenvalue weighted by Crippen LogP contribution is -2.34. The van der Waals surface area contributed by atoms with E-state index in [1.807, 2.05) is 0 Å². The van der Waals surface area contributed by atoms with E-state index in [0.717, 1.165) is 10.5 Å². The van der Waals surface area contributed by atoms with Crippen LogP contribution in [0.1, 0.15) is 12.0 Å². The zero-order valence-electron chi connectivity index (χ0n) is 15.6. The topological polar surface area (TPSA) is 120 Å². The Kier molecular flexibility index (Phi) is 5.21. The van der Waals surface area contributed by atoms with Crippen LogP contribution in [0.15, 0.2) is 54.9 Å². The SMILES string of the molecule is O=C(C[C@H]1NC(=O)N(Cc2cccc(F)c2)C1=O)Nc1cccc(-c2ncn[nH]2)c1. The third-order valence-corrected chi connectivity index (χ3v) is 4.56. The number of aromatic amines is 1. The van der Waals surface area contributed by atoms with Gasteiger partial charge in [-0.15, -0.1) is 0 Å². The van der Waals surface area contributed by atoms with E-state index in [4.69, 9.17) is 0 Å². The molecule has 4 amide bonds. The molecule has 0 radical (unpaired) electrons. The second-order valence-corrected chi connectivity index (χ2v) is 6.72. The molecule has 9 nitrogen and oxygen atoms in total. The summed E-state index contributed by atoms with van der Waals surface area (Å²) in [5.41, 5.74) is 1.73. The first-order valence-corrected chi connectivity index (χ1v) is 9.11. The van der Waals surface area contributed by atoms with Crippen molar-refractivity contribution in [2.45, 2.75) is 19.0 Å². The summed E-state index contributed by atoms with van der Waals surface area (Å²) in [4.78, 5) is 42.1. The number of amides is 4. The zero-order valence-corrected chi connectivity index (χ0v) is 15.6. The van der Waals surface area contributed by atoms with E-state index in [1.54, 1.807) is 30.3 Å². The quantitative estimate of drug-likeness (QED) is 0.539. The molecule has 152 valence electrons. The standard InChI is InChI=1S/C20H17FN6O3/c21-14-5-1-3-12(7-14)10-27-19(29)16(25-20(27)30)9-17(28)24-15-6-2-4-13(8-15)18-22-11-23-26-18/h1-8,11,16H,9-10H2,(H,24,28)(H,25,30)(H,22,23,26)/t16-/m1/s1.